The van der Waals surface area contributed by atoms with Gasteiger partial charge in [-0.3, -0.25) is 9.89 Å². The maximum atomic E-state index is 9.63. The molecular weight excluding hydrogens is 362 g/mol. The number of nitrogens with zero attached hydrogens (tertiary/aromatic N) is 3. The van der Waals surface area contributed by atoms with Gasteiger partial charge >= 0.3 is 0 Å². The third kappa shape index (κ3) is 7.28. The molecule has 0 saturated carbocycles. The van der Waals surface area contributed by atoms with Crippen LogP contribution in [0.1, 0.15) is 50.6 Å². The van der Waals surface area contributed by atoms with Gasteiger partial charge in [0.25, 0.3) is 0 Å². The van der Waals surface area contributed by atoms with Crippen LogP contribution in [0.4, 0.5) is 0 Å². The molecule has 0 radical (unpaired) electrons. The molecule has 2 aliphatic heterocycles. The summed E-state index contributed by atoms with van der Waals surface area (Å²) in [4.78, 5) is 9.97. The Morgan fingerprint density at radius 3 is 2.52 bits per heavy atom. The second-order valence-electron chi connectivity index (χ2n) is 8.24. The van der Waals surface area contributed by atoms with Crippen molar-refractivity contribution in [3.05, 3.63) is 35.9 Å². The van der Waals surface area contributed by atoms with E-state index in [0.717, 1.165) is 64.5 Å². The van der Waals surface area contributed by atoms with Gasteiger partial charge in [0.2, 0.25) is 0 Å². The Labute approximate surface area is 176 Å². The number of piperidine rings is 1. The van der Waals surface area contributed by atoms with E-state index in [9.17, 15) is 5.11 Å². The highest BCUT2D eigenvalue weighted by molar-refractivity contribution is 5.79. The highest BCUT2D eigenvalue weighted by atomic mass is 16.3. The Morgan fingerprint density at radius 2 is 1.83 bits per heavy atom. The Bertz CT molecular complexity index is 595. The molecule has 0 amide bonds. The van der Waals surface area contributed by atoms with Crippen LogP contribution in [0.5, 0.6) is 0 Å². The highest BCUT2D eigenvalue weighted by Gasteiger charge is 2.23. The number of aliphatic hydroxyl groups excluding tert-OH is 1. The standard InChI is InChI=1S/C23H39N5O/c1-2-24-23(25-13-8-14-27-17-11-21(29)12-18-27)26-19-22(28-15-6-7-16-28)20-9-4-3-5-10-20/h3-5,9-10,21-22,29H,2,6-8,11-19H2,1H3,(H2,24,25,26). The van der Waals surface area contributed by atoms with E-state index in [0.29, 0.717) is 6.04 Å². The molecular formula is C23H39N5O. The zero-order chi connectivity index (χ0) is 20.3. The first-order chi connectivity index (χ1) is 14.3. The predicted molar refractivity (Wildman–Crippen MR) is 120 cm³/mol. The molecule has 1 aromatic rings. The van der Waals surface area contributed by atoms with Crippen molar-refractivity contribution in [2.75, 3.05) is 52.4 Å². The second kappa shape index (κ2) is 12.2. The number of benzene rings is 1. The van der Waals surface area contributed by atoms with Crippen LogP contribution in [-0.2, 0) is 0 Å². The highest BCUT2D eigenvalue weighted by Crippen LogP contribution is 2.25. The molecule has 3 rings (SSSR count). The molecule has 0 bridgehead atoms. The molecule has 1 unspecified atom stereocenters. The minimum absolute atomic E-state index is 0.0926. The Morgan fingerprint density at radius 1 is 1.10 bits per heavy atom. The summed E-state index contributed by atoms with van der Waals surface area (Å²) in [6.07, 6.45) is 5.40. The number of likely N-dealkylation sites (tertiary alicyclic amines) is 2. The summed E-state index contributed by atoms with van der Waals surface area (Å²) >= 11 is 0. The van der Waals surface area contributed by atoms with Crippen molar-refractivity contribution >= 4 is 5.96 Å². The van der Waals surface area contributed by atoms with Gasteiger partial charge in [0, 0.05) is 26.2 Å². The smallest absolute Gasteiger partial charge is 0.191 e. The van der Waals surface area contributed by atoms with Crippen LogP contribution in [0.15, 0.2) is 35.3 Å². The Hall–Kier alpha value is -1.63. The number of nitrogens with one attached hydrogen (secondary N) is 2. The minimum atomic E-state index is -0.0926. The van der Waals surface area contributed by atoms with Crippen LogP contribution >= 0.6 is 0 Å². The summed E-state index contributed by atoms with van der Waals surface area (Å²) in [6, 6.07) is 11.2. The zero-order valence-electron chi connectivity index (χ0n) is 18.0. The molecule has 0 spiro atoms. The van der Waals surface area contributed by atoms with Crippen molar-refractivity contribution in [2.24, 2.45) is 4.99 Å². The molecule has 0 aliphatic carbocycles. The molecule has 6 heteroatoms. The lowest BCUT2D eigenvalue weighted by Gasteiger charge is -2.29. The maximum absolute atomic E-state index is 9.63. The molecule has 2 fully saturated rings. The quantitative estimate of drug-likeness (QED) is 0.336. The maximum Gasteiger partial charge on any atom is 0.191 e. The van der Waals surface area contributed by atoms with Crippen molar-refractivity contribution < 1.29 is 5.11 Å². The van der Waals surface area contributed by atoms with E-state index in [-0.39, 0.29) is 6.10 Å². The lowest BCUT2D eigenvalue weighted by atomic mass is 10.1. The number of guanidine groups is 1. The molecule has 162 valence electrons. The van der Waals surface area contributed by atoms with Crippen LogP contribution in [0.25, 0.3) is 0 Å². The van der Waals surface area contributed by atoms with Crippen LogP contribution in [0.2, 0.25) is 0 Å². The normalized spacial score (nSPS) is 20.7. The fraction of sp³-hybridized carbons (Fsp3) is 0.696. The van der Waals surface area contributed by atoms with E-state index in [4.69, 9.17) is 4.99 Å². The van der Waals surface area contributed by atoms with Crippen LogP contribution in [0.3, 0.4) is 0 Å². The first-order valence-electron chi connectivity index (χ1n) is 11.5. The van der Waals surface area contributed by atoms with Crippen molar-refractivity contribution in [3.63, 3.8) is 0 Å². The van der Waals surface area contributed by atoms with Crippen LogP contribution in [0, 0.1) is 0 Å². The van der Waals surface area contributed by atoms with Gasteiger partial charge in [0.05, 0.1) is 18.7 Å². The van der Waals surface area contributed by atoms with Crippen LogP contribution in [-0.4, -0.2) is 79.3 Å². The molecule has 1 aromatic carbocycles. The molecule has 0 aromatic heterocycles. The van der Waals surface area contributed by atoms with E-state index >= 15 is 0 Å². The molecule has 2 heterocycles. The third-order valence-corrected chi connectivity index (χ3v) is 6.03. The number of rotatable bonds is 9. The summed E-state index contributed by atoms with van der Waals surface area (Å²) in [5, 5.41) is 16.5. The first kappa shape index (κ1) is 22.1. The van der Waals surface area contributed by atoms with E-state index < -0.39 is 0 Å². The zero-order valence-corrected chi connectivity index (χ0v) is 18.0. The third-order valence-electron chi connectivity index (χ3n) is 6.03. The van der Waals surface area contributed by atoms with Gasteiger partial charge in [0.15, 0.2) is 5.96 Å². The summed E-state index contributed by atoms with van der Waals surface area (Å²) < 4.78 is 0. The van der Waals surface area contributed by atoms with Gasteiger partial charge < -0.3 is 20.6 Å². The van der Waals surface area contributed by atoms with Gasteiger partial charge in [-0.15, -0.1) is 0 Å². The fourth-order valence-corrected chi connectivity index (χ4v) is 4.33. The van der Waals surface area contributed by atoms with Crippen molar-refractivity contribution in [2.45, 2.75) is 51.2 Å². The molecule has 3 N–H and O–H groups in total. The summed E-state index contributed by atoms with van der Waals surface area (Å²) in [6.45, 7) is 10.1. The SMILES string of the molecule is CCNC(=NCC(c1ccccc1)N1CCCC1)NCCCN1CCC(O)CC1. The topological polar surface area (TPSA) is 63.1 Å². The first-order valence-corrected chi connectivity index (χ1v) is 11.5. The average Bonchev–Trinajstić information content (AvgIpc) is 3.28. The van der Waals surface area contributed by atoms with Gasteiger partial charge in [-0.2, -0.15) is 0 Å². The predicted octanol–water partition coefficient (Wildman–Crippen LogP) is 2.23. The minimum Gasteiger partial charge on any atom is -0.393 e. The van der Waals surface area contributed by atoms with E-state index in [1.54, 1.807) is 0 Å². The number of aliphatic imine (C=N–C) groups is 1. The molecule has 2 saturated heterocycles. The fourth-order valence-electron chi connectivity index (χ4n) is 4.33. The second-order valence-corrected chi connectivity index (χ2v) is 8.24. The van der Waals surface area contributed by atoms with Gasteiger partial charge in [-0.25, -0.2) is 0 Å². The van der Waals surface area contributed by atoms with Crippen molar-refractivity contribution in [1.29, 1.82) is 0 Å². The lowest BCUT2D eigenvalue weighted by molar-refractivity contribution is 0.0823. The monoisotopic (exact) mass is 401 g/mol. The number of hydrogen-bond acceptors (Lipinski definition) is 4. The van der Waals surface area contributed by atoms with Crippen molar-refractivity contribution in [3.8, 4) is 0 Å². The summed E-state index contributed by atoms with van der Waals surface area (Å²) in [5.74, 6) is 0.918. The summed E-state index contributed by atoms with van der Waals surface area (Å²) in [7, 11) is 0. The molecule has 29 heavy (non-hydrogen) atoms. The Balaban J connectivity index is 1.49. The Kier molecular flexibility index (Phi) is 9.25. The largest absolute Gasteiger partial charge is 0.393 e. The molecule has 6 nitrogen and oxygen atoms in total. The van der Waals surface area contributed by atoms with Crippen molar-refractivity contribution in [1.82, 2.24) is 20.4 Å². The average molecular weight is 402 g/mol. The van der Waals surface area contributed by atoms with E-state index in [1.165, 1.54) is 31.5 Å². The van der Waals surface area contributed by atoms with E-state index in [2.05, 4.69) is 57.7 Å². The van der Waals surface area contributed by atoms with Gasteiger partial charge in [-0.1, -0.05) is 30.3 Å². The summed E-state index contributed by atoms with van der Waals surface area (Å²) in [5.41, 5.74) is 1.36. The van der Waals surface area contributed by atoms with Gasteiger partial charge in [-0.05, 0) is 64.2 Å². The number of aliphatic hydroxyl groups is 1. The molecule has 1 atom stereocenters. The molecule has 2 aliphatic rings. The number of hydrogen-bond donors (Lipinski definition) is 3. The van der Waals surface area contributed by atoms with Gasteiger partial charge in [0.1, 0.15) is 0 Å². The van der Waals surface area contributed by atoms with Crippen LogP contribution < -0.4 is 10.6 Å². The lowest BCUT2D eigenvalue weighted by Crippen LogP contribution is -2.41. The van der Waals surface area contributed by atoms with E-state index in [1.807, 2.05) is 0 Å².